The zero-order valence-corrected chi connectivity index (χ0v) is 14.1. The van der Waals surface area contributed by atoms with Crippen LogP contribution in [-0.2, 0) is 9.53 Å². The second kappa shape index (κ2) is 9.03. The van der Waals surface area contributed by atoms with E-state index in [1.54, 1.807) is 6.08 Å². The molecule has 0 aliphatic carbocycles. The van der Waals surface area contributed by atoms with Crippen molar-refractivity contribution in [2.45, 2.75) is 13.0 Å². The molecule has 0 saturated carbocycles. The Hall–Kier alpha value is -1.40. The van der Waals surface area contributed by atoms with Gasteiger partial charge in [0.25, 0.3) is 0 Å². The Bertz CT molecular complexity index is 557. The van der Waals surface area contributed by atoms with Gasteiger partial charge in [-0.25, -0.2) is 0 Å². The van der Waals surface area contributed by atoms with E-state index in [1.165, 1.54) is 6.08 Å². The number of aliphatic hydroxyl groups is 1. The van der Waals surface area contributed by atoms with Crippen molar-refractivity contribution in [3.8, 4) is 0 Å². The number of hydrogen-bond acceptors (Lipinski definition) is 4. The Morgan fingerprint density at radius 3 is 2.91 bits per heavy atom. The second-order valence-electron chi connectivity index (χ2n) is 5.65. The average molecular weight is 339 g/mol. The maximum atomic E-state index is 11.8. The van der Waals surface area contributed by atoms with Crippen molar-refractivity contribution >= 4 is 23.6 Å². The van der Waals surface area contributed by atoms with Crippen LogP contribution in [0, 0.1) is 6.92 Å². The Kier molecular flexibility index (Phi) is 7.05. The smallest absolute Gasteiger partial charge is 0.244 e. The molecule has 23 heavy (non-hydrogen) atoms. The molecule has 1 heterocycles. The first kappa shape index (κ1) is 17.9. The van der Waals surface area contributed by atoms with E-state index in [9.17, 15) is 9.90 Å². The molecule has 5 nitrogen and oxygen atoms in total. The number of amides is 1. The van der Waals surface area contributed by atoms with E-state index in [0.717, 1.165) is 24.2 Å². The van der Waals surface area contributed by atoms with Gasteiger partial charge in [0.2, 0.25) is 5.91 Å². The average Bonchev–Trinajstić information content (AvgIpc) is 2.55. The fraction of sp³-hybridized carbons (Fsp3) is 0.471. The lowest BCUT2D eigenvalue weighted by Gasteiger charge is -2.28. The zero-order valence-electron chi connectivity index (χ0n) is 13.3. The molecule has 0 radical (unpaired) electrons. The minimum Gasteiger partial charge on any atom is -0.390 e. The molecule has 1 saturated heterocycles. The van der Waals surface area contributed by atoms with Crippen molar-refractivity contribution in [2.75, 3.05) is 39.4 Å². The Morgan fingerprint density at radius 2 is 2.22 bits per heavy atom. The molecule has 0 spiro atoms. The number of β-amino-alcohol motifs (C(OH)–C–C–N with tert-alkyl or cyclic N) is 1. The number of aliphatic hydroxyl groups excluding tert-OH is 1. The molecular weight excluding hydrogens is 316 g/mol. The lowest BCUT2D eigenvalue weighted by atomic mass is 10.1. The van der Waals surface area contributed by atoms with Crippen molar-refractivity contribution in [1.29, 1.82) is 0 Å². The summed E-state index contributed by atoms with van der Waals surface area (Å²) in [7, 11) is 0. The van der Waals surface area contributed by atoms with Gasteiger partial charge in [0.15, 0.2) is 0 Å². The van der Waals surface area contributed by atoms with Crippen LogP contribution in [0.15, 0.2) is 24.3 Å². The monoisotopic (exact) mass is 338 g/mol. The molecule has 1 aliphatic heterocycles. The fourth-order valence-corrected chi connectivity index (χ4v) is 2.50. The third-order valence-corrected chi connectivity index (χ3v) is 4.11. The maximum absolute atomic E-state index is 11.8. The second-order valence-corrected chi connectivity index (χ2v) is 6.06. The van der Waals surface area contributed by atoms with Crippen LogP contribution in [0.3, 0.4) is 0 Å². The Morgan fingerprint density at radius 1 is 1.48 bits per heavy atom. The minimum absolute atomic E-state index is 0.231. The van der Waals surface area contributed by atoms with Gasteiger partial charge >= 0.3 is 0 Å². The minimum atomic E-state index is -0.584. The molecule has 1 unspecified atom stereocenters. The van der Waals surface area contributed by atoms with Gasteiger partial charge in [0.1, 0.15) is 0 Å². The normalized spacial score (nSPS) is 17.3. The number of rotatable bonds is 6. The SMILES string of the molecule is Cc1ccc(/C=C/C(=O)NCC(O)CN2CCOCC2)cc1Cl. The van der Waals surface area contributed by atoms with Crippen LogP contribution in [0.5, 0.6) is 0 Å². The number of nitrogens with one attached hydrogen (secondary N) is 1. The van der Waals surface area contributed by atoms with Crippen molar-refractivity contribution in [3.05, 3.63) is 40.4 Å². The fourth-order valence-electron chi connectivity index (χ4n) is 2.31. The van der Waals surface area contributed by atoms with E-state index >= 15 is 0 Å². The molecule has 1 aromatic rings. The number of carbonyl (C=O) groups is 1. The molecule has 0 aromatic heterocycles. The first-order valence-electron chi connectivity index (χ1n) is 7.75. The largest absolute Gasteiger partial charge is 0.390 e. The number of halogens is 1. The van der Waals surface area contributed by atoms with Gasteiger partial charge < -0.3 is 15.2 Å². The summed E-state index contributed by atoms with van der Waals surface area (Å²) in [6.45, 7) is 5.73. The summed E-state index contributed by atoms with van der Waals surface area (Å²) in [4.78, 5) is 13.9. The predicted molar refractivity (Wildman–Crippen MR) is 91.5 cm³/mol. The molecule has 2 rings (SSSR count). The summed E-state index contributed by atoms with van der Waals surface area (Å²) in [6, 6.07) is 5.62. The Labute approximate surface area is 141 Å². The third kappa shape index (κ3) is 6.31. The summed E-state index contributed by atoms with van der Waals surface area (Å²) in [5.41, 5.74) is 1.86. The van der Waals surface area contributed by atoms with Crippen LogP contribution < -0.4 is 5.32 Å². The standard InChI is InChI=1S/C17H23ClN2O3/c1-13-2-3-14(10-16(13)18)4-5-17(22)19-11-15(21)12-20-6-8-23-9-7-20/h2-5,10,15,21H,6-9,11-12H2,1H3,(H,19,22)/b5-4+. The number of carbonyl (C=O) groups excluding carboxylic acids is 1. The molecule has 1 aliphatic rings. The van der Waals surface area contributed by atoms with Gasteiger partial charge in [-0.05, 0) is 30.2 Å². The van der Waals surface area contributed by atoms with E-state index in [4.69, 9.17) is 16.3 Å². The van der Waals surface area contributed by atoms with Gasteiger partial charge in [-0.3, -0.25) is 9.69 Å². The van der Waals surface area contributed by atoms with E-state index in [1.807, 2.05) is 25.1 Å². The molecule has 1 amide bonds. The summed E-state index contributed by atoms with van der Waals surface area (Å²) < 4.78 is 5.26. The van der Waals surface area contributed by atoms with Crippen LogP contribution in [0.1, 0.15) is 11.1 Å². The number of benzene rings is 1. The number of nitrogens with zero attached hydrogens (tertiary/aromatic N) is 1. The van der Waals surface area contributed by atoms with Crippen molar-refractivity contribution in [2.24, 2.45) is 0 Å². The molecule has 126 valence electrons. The zero-order chi connectivity index (χ0) is 16.7. The van der Waals surface area contributed by atoms with Gasteiger partial charge in [0, 0.05) is 37.3 Å². The first-order valence-corrected chi connectivity index (χ1v) is 8.12. The van der Waals surface area contributed by atoms with Crippen LogP contribution >= 0.6 is 11.6 Å². The van der Waals surface area contributed by atoms with Crippen LogP contribution in [0.4, 0.5) is 0 Å². The predicted octanol–water partition coefficient (Wildman–Crippen LogP) is 1.47. The topological polar surface area (TPSA) is 61.8 Å². The molecule has 1 aromatic carbocycles. The first-order chi connectivity index (χ1) is 11.0. The van der Waals surface area contributed by atoms with Crippen molar-refractivity contribution in [3.63, 3.8) is 0 Å². The summed E-state index contributed by atoms with van der Waals surface area (Å²) >= 11 is 6.04. The van der Waals surface area contributed by atoms with E-state index < -0.39 is 6.10 Å². The molecular formula is C17H23ClN2O3. The van der Waals surface area contributed by atoms with E-state index in [-0.39, 0.29) is 12.5 Å². The van der Waals surface area contributed by atoms with Gasteiger partial charge in [-0.1, -0.05) is 23.7 Å². The van der Waals surface area contributed by atoms with Crippen LogP contribution in [0.25, 0.3) is 6.08 Å². The highest BCUT2D eigenvalue weighted by Crippen LogP contribution is 2.17. The third-order valence-electron chi connectivity index (χ3n) is 3.71. The van der Waals surface area contributed by atoms with E-state index in [2.05, 4.69) is 10.2 Å². The summed E-state index contributed by atoms with van der Waals surface area (Å²) in [6.07, 6.45) is 2.57. The van der Waals surface area contributed by atoms with Crippen molar-refractivity contribution < 1.29 is 14.6 Å². The molecule has 1 atom stereocenters. The maximum Gasteiger partial charge on any atom is 0.244 e. The number of aryl methyl sites for hydroxylation is 1. The van der Waals surface area contributed by atoms with Crippen molar-refractivity contribution in [1.82, 2.24) is 10.2 Å². The highest BCUT2D eigenvalue weighted by Gasteiger charge is 2.14. The number of ether oxygens (including phenoxy) is 1. The van der Waals surface area contributed by atoms with Crippen LogP contribution in [0.2, 0.25) is 5.02 Å². The van der Waals surface area contributed by atoms with Crippen LogP contribution in [-0.4, -0.2) is 61.4 Å². The number of morpholine rings is 1. The highest BCUT2D eigenvalue weighted by atomic mass is 35.5. The Balaban J connectivity index is 1.73. The molecule has 1 fully saturated rings. The lowest BCUT2D eigenvalue weighted by molar-refractivity contribution is -0.117. The van der Waals surface area contributed by atoms with Gasteiger partial charge in [-0.2, -0.15) is 0 Å². The lowest BCUT2D eigenvalue weighted by Crippen LogP contribution is -2.44. The quantitative estimate of drug-likeness (QED) is 0.771. The molecule has 2 N–H and O–H groups in total. The highest BCUT2D eigenvalue weighted by molar-refractivity contribution is 6.31. The summed E-state index contributed by atoms with van der Waals surface area (Å²) in [5.74, 6) is -0.234. The van der Waals surface area contributed by atoms with Gasteiger partial charge in [-0.15, -0.1) is 0 Å². The summed E-state index contributed by atoms with van der Waals surface area (Å²) in [5, 5.41) is 13.3. The van der Waals surface area contributed by atoms with E-state index in [0.29, 0.717) is 24.8 Å². The molecule has 6 heteroatoms. The van der Waals surface area contributed by atoms with Gasteiger partial charge in [0.05, 0.1) is 19.3 Å². The molecule has 0 bridgehead atoms. The number of hydrogen-bond donors (Lipinski definition) is 2.